The standard InChI is InChI=1S/C22H26BrN3O3/c1-2-29-20-6-4-3-5-19(20)25-13-15-26(16-14-25)21(27)11-12-24-22(28)17-7-9-18(23)10-8-17/h3-10H,2,11-16H2,1H3,(H,24,28). The van der Waals surface area contributed by atoms with Crippen LogP contribution in [0, 0.1) is 0 Å². The number of nitrogens with zero attached hydrogens (tertiary/aromatic N) is 2. The van der Waals surface area contributed by atoms with Crippen molar-refractivity contribution in [2.24, 2.45) is 0 Å². The van der Waals surface area contributed by atoms with Gasteiger partial charge in [-0.1, -0.05) is 28.1 Å². The van der Waals surface area contributed by atoms with Crippen LogP contribution in [0.3, 0.4) is 0 Å². The summed E-state index contributed by atoms with van der Waals surface area (Å²) in [5.74, 6) is 0.784. The van der Waals surface area contributed by atoms with Gasteiger partial charge in [-0.25, -0.2) is 0 Å². The van der Waals surface area contributed by atoms with Crippen LogP contribution in [0.4, 0.5) is 5.69 Å². The Morgan fingerprint density at radius 1 is 1.03 bits per heavy atom. The second-order valence-corrected chi connectivity index (χ2v) is 7.70. The van der Waals surface area contributed by atoms with Gasteiger partial charge in [0, 0.05) is 49.2 Å². The quantitative estimate of drug-likeness (QED) is 0.689. The van der Waals surface area contributed by atoms with E-state index in [1.165, 1.54) is 0 Å². The third kappa shape index (κ3) is 5.73. The maximum atomic E-state index is 12.5. The highest BCUT2D eigenvalue weighted by molar-refractivity contribution is 9.10. The van der Waals surface area contributed by atoms with Crippen molar-refractivity contribution >= 4 is 33.4 Å². The molecule has 154 valence electrons. The molecule has 3 rings (SSSR count). The molecule has 0 bridgehead atoms. The van der Waals surface area contributed by atoms with Crippen LogP contribution in [0.5, 0.6) is 5.75 Å². The Bertz CT molecular complexity index is 833. The van der Waals surface area contributed by atoms with E-state index >= 15 is 0 Å². The number of ether oxygens (including phenoxy) is 1. The third-order valence-corrected chi connectivity index (χ3v) is 5.40. The fourth-order valence-corrected chi connectivity index (χ4v) is 3.60. The SMILES string of the molecule is CCOc1ccccc1N1CCN(C(=O)CCNC(=O)c2ccc(Br)cc2)CC1. The Morgan fingerprint density at radius 2 is 1.72 bits per heavy atom. The number of piperazine rings is 1. The lowest BCUT2D eigenvalue weighted by molar-refractivity contribution is -0.131. The van der Waals surface area contributed by atoms with E-state index in [1.54, 1.807) is 12.1 Å². The van der Waals surface area contributed by atoms with Crippen LogP contribution in [-0.2, 0) is 4.79 Å². The van der Waals surface area contributed by atoms with Gasteiger partial charge in [-0.15, -0.1) is 0 Å². The number of hydrogen-bond acceptors (Lipinski definition) is 4. The fraction of sp³-hybridized carbons (Fsp3) is 0.364. The predicted molar refractivity (Wildman–Crippen MR) is 117 cm³/mol. The van der Waals surface area contributed by atoms with Gasteiger partial charge in [0.1, 0.15) is 5.75 Å². The van der Waals surface area contributed by atoms with E-state index in [-0.39, 0.29) is 11.8 Å². The molecule has 7 heteroatoms. The molecule has 0 unspecified atom stereocenters. The molecule has 2 aromatic carbocycles. The Hall–Kier alpha value is -2.54. The summed E-state index contributed by atoms with van der Waals surface area (Å²) in [6, 6.07) is 15.2. The molecule has 1 aliphatic heterocycles. The minimum atomic E-state index is -0.164. The molecule has 2 aromatic rings. The molecule has 6 nitrogen and oxygen atoms in total. The molecule has 0 saturated carbocycles. The van der Waals surface area contributed by atoms with Crippen molar-refractivity contribution < 1.29 is 14.3 Å². The summed E-state index contributed by atoms with van der Waals surface area (Å²) in [4.78, 5) is 28.7. The Labute approximate surface area is 180 Å². The van der Waals surface area contributed by atoms with E-state index in [0.717, 1.165) is 29.0 Å². The molecular weight excluding hydrogens is 434 g/mol. The molecule has 0 radical (unpaired) electrons. The second kappa shape index (κ2) is 10.3. The first kappa shape index (κ1) is 21.2. The highest BCUT2D eigenvalue weighted by atomic mass is 79.9. The van der Waals surface area contributed by atoms with Crippen LogP contribution in [0.25, 0.3) is 0 Å². The smallest absolute Gasteiger partial charge is 0.251 e. The van der Waals surface area contributed by atoms with Crippen molar-refractivity contribution in [2.75, 3.05) is 44.2 Å². The van der Waals surface area contributed by atoms with Crippen molar-refractivity contribution in [3.8, 4) is 5.75 Å². The normalized spacial score (nSPS) is 13.9. The number of nitrogens with one attached hydrogen (secondary N) is 1. The highest BCUT2D eigenvalue weighted by Crippen LogP contribution is 2.28. The number of rotatable bonds is 7. The van der Waals surface area contributed by atoms with Gasteiger partial charge in [0.15, 0.2) is 0 Å². The number of anilines is 1. The molecule has 2 amide bonds. The maximum Gasteiger partial charge on any atom is 0.251 e. The van der Waals surface area contributed by atoms with Crippen LogP contribution in [0.2, 0.25) is 0 Å². The molecule has 1 aliphatic rings. The Balaban J connectivity index is 1.44. The van der Waals surface area contributed by atoms with E-state index in [2.05, 4.69) is 32.2 Å². The van der Waals surface area contributed by atoms with Crippen molar-refractivity contribution in [1.29, 1.82) is 0 Å². The van der Waals surface area contributed by atoms with Crippen LogP contribution >= 0.6 is 15.9 Å². The summed E-state index contributed by atoms with van der Waals surface area (Å²) in [6.07, 6.45) is 0.303. The summed E-state index contributed by atoms with van der Waals surface area (Å²) in [5, 5.41) is 2.82. The zero-order valence-corrected chi connectivity index (χ0v) is 18.2. The number of carbonyl (C=O) groups is 2. The van der Waals surface area contributed by atoms with Crippen LogP contribution < -0.4 is 15.0 Å². The largest absolute Gasteiger partial charge is 0.492 e. The van der Waals surface area contributed by atoms with Gasteiger partial charge in [-0.3, -0.25) is 9.59 Å². The Morgan fingerprint density at radius 3 is 2.41 bits per heavy atom. The number of amides is 2. The van der Waals surface area contributed by atoms with Crippen molar-refractivity contribution in [2.45, 2.75) is 13.3 Å². The summed E-state index contributed by atoms with van der Waals surface area (Å²) in [5.41, 5.74) is 1.66. The lowest BCUT2D eigenvalue weighted by Crippen LogP contribution is -2.49. The average Bonchev–Trinajstić information content (AvgIpc) is 2.75. The predicted octanol–water partition coefficient (Wildman–Crippen LogP) is 3.32. The summed E-state index contributed by atoms with van der Waals surface area (Å²) in [6.45, 7) is 5.80. The third-order valence-electron chi connectivity index (χ3n) is 4.87. The molecule has 1 saturated heterocycles. The first-order chi connectivity index (χ1) is 14.1. The maximum absolute atomic E-state index is 12.5. The monoisotopic (exact) mass is 459 g/mol. The Kier molecular flexibility index (Phi) is 7.52. The van der Waals surface area contributed by atoms with Gasteiger partial charge < -0.3 is 19.9 Å². The molecule has 0 spiro atoms. The molecule has 0 aliphatic carbocycles. The molecule has 1 fully saturated rings. The molecule has 0 atom stereocenters. The van der Waals surface area contributed by atoms with Gasteiger partial charge in [0.2, 0.25) is 5.91 Å². The molecule has 0 aromatic heterocycles. The highest BCUT2D eigenvalue weighted by Gasteiger charge is 2.22. The number of hydrogen-bond donors (Lipinski definition) is 1. The van der Waals surface area contributed by atoms with Crippen LogP contribution in [0.15, 0.2) is 53.0 Å². The first-order valence-electron chi connectivity index (χ1n) is 9.87. The summed E-state index contributed by atoms with van der Waals surface area (Å²) >= 11 is 3.35. The van der Waals surface area contributed by atoms with Gasteiger partial charge in [0.05, 0.1) is 12.3 Å². The molecule has 29 heavy (non-hydrogen) atoms. The van der Waals surface area contributed by atoms with Gasteiger partial charge in [-0.05, 0) is 43.3 Å². The summed E-state index contributed by atoms with van der Waals surface area (Å²) in [7, 11) is 0. The molecule has 1 heterocycles. The van der Waals surface area contributed by atoms with Gasteiger partial charge in [-0.2, -0.15) is 0 Å². The van der Waals surface area contributed by atoms with E-state index in [1.807, 2.05) is 42.2 Å². The van der Waals surface area contributed by atoms with Gasteiger partial charge >= 0.3 is 0 Å². The first-order valence-corrected chi connectivity index (χ1v) is 10.7. The summed E-state index contributed by atoms with van der Waals surface area (Å²) < 4.78 is 6.64. The second-order valence-electron chi connectivity index (χ2n) is 6.78. The van der Waals surface area contributed by atoms with E-state index in [4.69, 9.17) is 4.74 Å². The van der Waals surface area contributed by atoms with Gasteiger partial charge in [0.25, 0.3) is 5.91 Å². The van der Waals surface area contributed by atoms with Crippen molar-refractivity contribution in [3.63, 3.8) is 0 Å². The van der Waals surface area contributed by atoms with Crippen molar-refractivity contribution in [1.82, 2.24) is 10.2 Å². The zero-order chi connectivity index (χ0) is 20.6. The molecular formula is C22H26BrN3O3. The number of para-hydroxylation sites is 2. The number of benzene rings is 2. The van der Waals surface area contributed by atoms with Crippen LogP contribution in [0.1, 0.15) is 23.7 Å². The lowest BCUT2D eigenvalue weighted by atomic mass is 10.2. The lowest BCUT2D eigenvalue weighted by Gasteiger charge is -2.36. The topological polar surface area (TPSA) is 61.9 Å². The number of carbonyl (C=O) groups excluding carboxylic acids is 2. The minimum Gasteiger partial charge on any atom is -0.492 e. The molecule has 1 N–H and O–H groups in total. The van der Waals surface area contributed by atoms with Crippen molar-refractivity contribution in [3.05, 3.63) is 58.6 Å². The number of halogens is 1. The average molecular weight is 460 g/mol. The fourth-order valence-electron chi connectivity index (χ4n) is 3.34. The van der Waals surface area contributed by atoms with E-state index in [9.17, 15) is 9.59 Å². The van der Waals surface area contributed by atoms with Crippen LogP contribution in [-0.4, -0.2) is 56.0 Å². The van der Waals surface area contributed by atoms with E-state index < -0.39 is 0 Å². The zero-order valence-electron chi connectivity index (χ0n) is 16.6. The van der Waals surface area contributed by atoms with E-state index in [0.29, 0.717) is 38.2 Å². The minimum absolute atomic E-state index is 0.0684.